The van der Waals surface area contributed by atoms with Gasteiger partial charge < -0.3 is 25.0 Å². The molecule has 0 aromatic carbocycles. The number of carbonyl (C=O) groups excluding carboxylic acids is 1. The Kier molecular flexibility index (Phi) is 11.1. The number of hydrogen-bond acceptors (Lipinski definition) is 10. The van der Waals surface area contributed by atoms with Gasteiger partial charge in [-0.1, -0.05) is 0 Å². The highest BCUT2D eigenvalue weighted by Gasteiger charge is 2.31. The van der Waals surface area contributed by atoms with E-state index in [0.29, 0.717) is 32.0 Å². The maximum atomic E-state index is 12.6. The molecule has 1 saturated carbocycles. The number of anilines is 1. The van der Waals surface area contributed by atoms with Crippen LogP contribution in [0.1, 0.15) is 25.5 Å². The number of nitrogens with two attached hydrogens (primary N) is 1. The number of alkyl halides is 2. The number of imidazole rings is 1. The minimum Gasteiger partial charge on any atom is -0.768 e. The second kappa shape index (κ2) is 13.4. The van der Waals surface area contributed by atoms with Crippen LogP contribution in [-0.2, 0) is 15.9 Å². The first-order valence-electron chi connectivity index (χ1n) is 11.3. The van der Waals surface area contributed by atoms with E-state index >= 15 is 0 Å². The number of nitrogens with one attached hydrogen (secondary N) is 2. The lowest BCUT2D eigenvalue weighted by molar-refractivity contribution is -0.118. The van der Waals surface area contributed by atoms with Crippen molar-refractivity contribution in [1.29, 1.82) is 10.8 Å². The van der Waals surface area contributed by atoms with Gasteiger partial charge in [-0.25, -0.2) is 13.8 Å². The van der Waals surface area contributed by atoms with E-state index in [9.17, 15) is 22.3 Å². The third-order valence-corrected chi connectivity index (χ3v) is 6.66. The van der Waals surface area contributed by atoms with Gasteiger partial charge in [-0.2, -0.15) is 0 Å². The van der Waals surface area contributed by atoms with Gasteiger partial charge in [-0.15, -0.1) is 0 Å². The summed E-state index contributed by atoms with van der Waals surface area (Å²) in [6, 6.07) is 2.76. The monoisotopic (exact) mass is 559 g/mol. The van der Waals surface area contributed by atoms with Gasteiger partial charge in [-0.3, -0.25) is 24.2 Å². The Labute approximate surface area is 221 Å². The first kappa shape index (κ1) is 30.8. The smallest absolute Gasteiger partial charge is 0.285 e. The fraction of sp³-hybridized carbons (Fsp3) is 0.545. The molecular formula is C22H33F2N8O3S2-. The SMILES string of the molecule is CC1(N)CC1.CN(C)C.N=C(SC(=N)C(F)F)c1ncn2c(N3CCN(C=O)CC3)cc(S(=O)[O-])cc12. The van der Waals surface area contributed by atoms with Crippen LogP contribution in [0.25, 0.3) is 5.52 Å². The molecule has 1 aliphatic heterocycles. The maximum Gasteiger partial charge on any atom is 0.285 e. The number of pyridine rings is 1. The molecule has 1 saturated heterocycles. The highest BCUT2D eigenvalue weighted by Crippen LogP contribution is 2.30. The molecule has 37 heavy (non-hydrogen) atoms. The van der Waals surface area contributed by atoms with Crippen molar-refractivity contribution in [3.05, 3.63) is 24.2 Å². The summed E-state index contributed by atoms with van der Waals surface area (Å²) in [5.41, 5.74) is 5.98. The molecule has 206 valence electrons. The Morgan fingerprint density at radius 1 is 1.24 bits per heavy atom. The third-order valence-electron chi connectivity index (χ3n) is 5.25. The molecule has 2 aromatic rings. The van der Waals surface area contributed by atoms with Gasteiger partial charge in [0.2, 0.25) is 6.41 Å². The number of carbonyl (C=O) groups is 1. The zero-order valence-corrected chi connectivity index (χ0v) is 22.9. The van der Waals surface area contributed by atoms with Crippen molar-refractivity contribution < 1.29 is 22.3 Å². The van der Waals surface area contributed by atoms with Gasteiger partial charge in [-0.05, 0) is 75.9 Å². The second-order valence-corrected chi connectivity index (χ2v) is 11.3. The topological polar surface area (TPSA) is 158 Å². The van der Waals surface area contributed by atoms with Crippen LogP contribution in [-0.4, -0.2) is 104 Å². The molecular weight excluding hydrogens is 526 g/mol. The first-order chi connectivity index (χ1) is 17.3. The number of amides is 1. The minimum atomic E-state index is -3.01. The van der Waals surface area contributed by atoms with Crippen molar-refractivity contribution in [1.82, 2.24) is 19.2 Å². The van der Waals surface area contributed by atoms with E-state index in [0.717, 1.165) is 6.41 Å². The van der Waals surface area contributed by atoms with Crippen molar-refractivity contribution >= 4 is 50.7 Å². The van der Waals surface area contributed by atoms with Gasteiger partial charge in [0.25, 0.3) is 6.43 Å². The summed E-state index contributed by atoms with van der Waals surface area (Å²) in [4.78, 5) is 20.4. The molecule has 1 atom stereocenters. The predicted molar refractivity (Wildman–Crippen MR) is 142 cm³/mol. The standard InChI is InChI=1S/C15H16F2N6O3S2.C4H9N.C3H9N/c16-13(17)15(19)27-14(18)12-10-5-9(28(25)26)6-11(23(10)7-20-12)22-3-1-21(8-24)2-4-22;1-4(5)2-3-4;1-4(2)3/h5-8,13,18-19H,1-4H2,(H,25,26);2-3,5H2,1H3;1-3H3/p-1. The van der Waals surface area contributed by atoms with Crippen LogP contribution in [0.2, 0.25) is 0 Å². The molecule has 1 aliphatic carbocycles. The number of thioether (sulfide) groups is 1. The van der Waals surface area contributed by atoms with Gasteiger partial charge >= 0.3 is 0 Å². The molecule has 2 aromatic heterocycles. The van der Waals surface area contributed by atoms with E-state index in [1.807, 2.05) is 30.9 Å². The van der Waals surface area contributed by atoms with Crippen molar-refractivity contribution in [3.8, 4) is 0 Å². The molecule has 0 radical (unpaired) electrons. The number of piperazine rings is 1. The average Bonchev–Trinajstić information content (AvgIpc) is 3.35. The molecule has 3 heterocycles. The molecule has 2 aliphatic rings. The molecule has 0 bridgehead atoms. The molecule has 2 fully saturated rings. The number of aromatic nitrogens is 2. The van der Waals surface area contributed by atoms with E-state index in [2.05, 4.69) is 11.9 Å². The Morgan fingerprint density at radius 3 is 2.22 bits per heavy atom. The fourth-order valence-corrected chi connectivity index (χ4v) is 4.00. The lowest BCUT2D eigenvalue weighted by Crippen LogP contribution is -2.46. The average molecular weight is 560 g/mol. The van der Waals surface area contributed by atoms with Crippen molar-refractivity contribution in [2.45, 2.75) is 36.6 Å². The zero-order valence-electron chi connectivity index (χ0n) is 21.2. The predicted octanol–water partition coefficient (Wildman–Crippen LogP) is 1.83. The van der Waals surface area contributed by atoms with E-state index in [-0.39, 0.29) is 38.5 Å². The lowest BCUT2D eigenvalue weighted by Gasteiger charge is -2.34. The number of halogens is 2. The molecule has 15 heteroatoms. The Bertz CT molecular complexity index is 1130. The summed E-state index contributed by atoms with van der Waals surface area (Å²) < 4.78 is 49.9. The number of rotatable bonds is 5. The number of fused-ring (bicyclic) bond motifs is 1. The van der Waals surface area contributed by atoms with Crippen LogP contribution in [0.3, 0.4) is 0 Å². The van der Waals surface area contributed by atoms with E-state index < -0.39 is 22.5 Å². The van der Waals surface area contributed by atoms with E-state index in [1.165, 1.54) is 31.3 Å². The van der Waals surface area contributed by atoms with E-state index in [1.54, 1.807) is 9.30 Å². The zero-order chi connectivity index (χ0) is 27.9. The van der Waals surface area contributed by atoms with Crippen LogP contribution in [0, 0.1) is 10.8 Å². The third kappa shape index (κ3) is 9.41. The van der Waals surface area contributed by atoms with Crippen LogP contribution in [0.15, 0.2) is 23.4 Å². The normalized spacial score (nSPS) is 17.0. The van der Waals surface area contributed by atoms with E-state index in [4.69, 9.17) is 16.6 Å². The Morgan fingerprint density at radius 2 is 1.78 bits per heavy atom. The molecule has 4 rings (SSSR count). The quantitative estimate of drug-likeness (QED) is 0.217. The first-order valence-corrected chi connectivity index (χ1v) is 13.2. The summed E-state index contributed by atoms with van der Waals surface area (Å²) in [6.45, 7) is 3.95. The molecule has 4 N–H and O–H groups in total. The Hall–Kier alpha value is -2.46. The summed E-state index contributed by atoms with van der Waals surface area (Å²) in [5, 5.41) is 13.9. The highest BCUT2D eigenvalue weighted by atomic mass is 32.2. The highest BCUT2D eigenvalue weighted by molar-refractivity contribution is 8.26. The van der Waals surface area contributed by atoms with Crippen molar-refractivity contribution in [3.63, 3.8) is 0 Å². The van der Waals surface area contributed by atoms with Gasteiger partial charge in [0.15, 0.2) is 0 Å². The maximum absolute atomic E-state index is 12.6. The van der Waals surface area contributed by atoms with Crippen molar-refractivity contribution in [2.24, 2.45) is 5.73 Å². The molecule has 11 nitrogen and oxygen atoms in total. The molecule has 1 amide bonds. The summed E-state index contributed by atoms with van der Waals surface area (Å²) in [7, 11) is 6.00. The summed E-state index contributed by atoms with van der Waals surface area (Å²) in [5.74, 6) is 0.503. The van der Waals surface area contributed by atoms with Gasteiger partial charge in [0.1, 0.15) is 27.9 Å². The van der Waals surface area contributed by atoms with Crippen LogP contribution in [0.5, 0.6) is 0 Å². The second-order valence-electron chi connectivity index (χ2n) is 9.35. The number of hydrogen-bond donors (Lipinski definition) is 3. The number of nitrogens with zero attached hydrogens (tertiary/aromatic N) is 5. The molecule has 0 spiro atoms. The van der Waals surface area contributed by atoms with Crippen molar-refractivity contribution in [2.75, 3.05) is 52.2 Å². The minimum absolute atomic E-state index is 0.00970. The Balaban J connectivity index is 0.000000454. The summed E-state index contributed by atoms with van der Waals surface area (Å²) in [6.07, 6.45) is 1.58. The van der Waals surface area contributed by atoms with Crippen LogP contribution >= 0.6 is 11.8 Å². The molecule has 1 unspecified atom stereocenters. The largest absolute Gasteiger partial charge is 0.768 e. The van der Waals surface area contributed by atoms with Crippen LogP contribution < -0.4 is 10.6 Å². The summed E-state index contributed by atoms with van der Waals surface area (Å²) >= 11 is -2.29. The van der Waals surface area contributed by atoms with Gasteiger partial charge in [0.05, 0.1) is 5.52 Å². The van der Waals surface area contributed by atoms with Crippen LogP contribution in [0.4, 0.5) is 14.6 Å². The van der Waals surface area contributed by atoms with Gasteiger partial charge in [0, 0.05) is 36.6 Å². The fourth-order valence-electron chi connectivity index (χ4n) is 3.02. The lowest BCUT2D eigenvalue weighted by atomic mass is 10.3.